The summed E-state index contributed by atoms with van der Waals surface area (Å²) in [6, 6.07) is 42.8. The van der Waals surface area contributed by atoms with Crippen molar-refractivity contribution in [2.75, 3.05) is 0 Å². The van der Waals surface area contributed by atoms with Gasteiger partial charge in [0.05, 0.1) is 0 Å². The van der Waals surface area contributed by atoms with Gasteiger partial charge in [0.25, 0.3) is 0 Å². The molecule has 5 aromatic carbocycles. The fourth-order valence-corrected chi connectivity index (χ4v) is 5.42. The van der Waals surface area contributed by atoms with E-state index in [-0.39, 0.29) is 61.8 Å². The molecule has 0 aromatic heterocycles. The molecule has 0 N–H and O–H groups in total. The zero-order valence-corrected chi connectivity index (χ0v) is 30.2. The van der Waals surface area contributed by atoms with Gasteiger partial charge >= 0.3 is 26.2 Å². The SMILES string of the molecule is C=C.CC(C)(C)c1cc2c([c-]c1-c1ccccc1)Cc1cc(-c3ccccc3)c(C(C)(C)C)cc1-2.[Cl-].[Cl-].[Zr+4].c1cc[cH-]c1. The van der Waals surface area contributed by atoms with Crippen molar-refractivity contribution in [2.24, 2.45) is 0 Å². The summed E-state index contributed by atoms with van der Waals surface area (Å²) in [5.41, 5.74) is 13.5. The predicted molar refractivity (Wildman–Crippen MR) is 175 cm³/mol. The summed E-state index contributed by atoms with van der Waals surface area (Å²) in [6.07, 6.45) is 0.944. The minimum absolute atomic E-state index is 0. The second-order valence-electron chi connectivity index (χ2n) is 12.4. The Labute approximate surface area is 292 Å². The molecule has 0 nitrogen and oxygen atoms in total. The van der Waals surface area contributed by atoms with Crippen LogP contribution in [0.1, 0.15) is 63.8 Å². The van der Waals surface area contributed by atoms with Gasteiger partial charge in [-0.05, 0) is 39.5 Å². The normalized spacial score (nSPS) is 11.0. The minimum Gasteiger partial charge on any atom is -1.00 e. The Kier molecular flexibility index (Phi) is 14.7. The van der Waals surface area contributed by atoms with Gasteiger partial charge in [0, 0.05) is 0 Å². The topological polar surface area (TPSA) is 0 Å². The second-order valence-corrected chi connectivity index (χ2v) is 12.4. The van der Waals surface area contributed by atoms with E-state index in [4.69, 9.17) is 0 Å². The molecule has 6 rings (SSSR count). The molecule has 1 aliphatic carbocycles. The van der Waals surface area contributed by atoms with E-state index < -0.39 is 0 Å². The number of halogens is 2. The van der Waals surface area contributed by atoms with E-state index in [1.54, 1.807) is 0 Å². The van der Waals surface area contributed by atoms with Crippen LogP contribution in [0.4, 0.5) is 0 Å². The molecule has 0 spiro atoms. The summed E-state index contributed by atoms with van der Waals surface area (Å²) in [5.74, 6) is 0. The largest absolute Gasteiger partial charge is 4.00 e. The first-order valence-corrected chi connectivity index (χ1v) is 14.2. The van der Waals surface area contributed by atoms with E-state index in [0.29, 0.717) is 0 Å². The molecule has 0 atom stereocenters. The molecule has 0 fully saturated rings. The molecule has 0 heterocycles. The maximum absolute atomic E-state index is 3.88. The Balaban J connectivity index is 0.000000829. The smallest absolute Gasteiger partial charge is 1.00 e. The van der Waals surface area contributed by atoms with Gasteiger partial charge in [-0.1, -0.05) is 131 Å². The van der Waals surface area contributed by atoms with Crippen molar-refractivity contribution < 1.29 is 51.0 Å². The average molecular weight is 685 g/mol. The van der Waals surface area contributed by atoms with E-state index in [2.05, 4.69) is 140 Å². The van der Waals surface area contributed by atoms with Crippen molar-refractivity contribution in [2.45, 2.75) is 58.8 Å². The van der Waals surface area contributed by atoms with Crippen LogP contribution in [0.3, 0.4) is 0 Å². The number of fused-ring (bicyclic) bond motifs is 3. The Morgan fingerprint density at radius 1 is 0.605 bits per heavy atom. The Bertz CT molecular complexity index is 1420. The van der Waals surface area contributed by atoms with E-state index in [0.717, 1.165) is 6.42 Å². The Hall–Kier alpha value is -2.57. The molecule has 0 saturated carbocycles. The third-order valence-corrected chi connectivity index (χ3v) is 7.38. The van der Waals surface area contributed by atoms with Gasteiger partial charge in [-0.25, -0.2) is 12.1 Å². The van der Waals surface area contributed by atoms with Crippen LogP contribution in [0.2, 0.25) is 0 Å². The van der Waals surface area contributed by atoms with Gasteiger partial charge in [0.1, 0.15) is 0 Å². The van der Waals surface area contributed by atoms with Crippen LogP contribution in [0.15, 0.2) is 122 Å². The summed E-state index contributed by atoms with van der Waals surface area (Å²) in [6.45, 7) is 19.9. The predicted octanol–water partition coefficient (Wildman–Crippen LogP) is 5.20. The second kappa shape index (κ2) is 16.5. The summed E-state index contributed by atoms with van der Waals surface area (Å²) in [5, 5.41) is 0. The van der Waals surface area contributed by atoms with Crippen molar-refractivity contribution in [1.82, 2.24) is 0 Å². The maximum Gasteiger partial charge on any atom is 4.00 e. The van der Waals surface area contributed by atoms with Crippen LogP contribution in [-0.2, 0) is 43.5 Å². The molecule has 0 saturated heterocycles. The van der Waals surface area contributed by atoms with Crippen LogP contribution in [0.25, 0.3) is 33.4 Å². The summed E-state index contributed by atoms with van der Waals surface area (Å²) >= 11 is 0. The van der Waals surface area contributed by atoms with Crippen molar-refractivity contribution in [3.63, 3.8) is 0 Å². The zero-order valence-electron chi connectivity index (χ0n) is 26.3. The molecule has 0 aliphatic heterocycles. The quantitative estimate of drug-likeness (QED) is 0.174. The first-order valence-electron chi connectivity index (χ1n) is 14.2. The molecule has 220 valence electrons. The number of hydrogen-bond acceptors (Lipinski definition) is 0. The number of benzene rings is 4. The van der Waals surface area contributed by atoms with Gasteiger partial charge < -0.3 is 24.8 Å². The maximum atomic E-state index is 3.88. The monoisotopic (exact) mass is 682 g/mol. The fourth-order valence-electron chi connectivity index (χ4n) is 5.42. The number of rotatable bonds is 2. The van der Waals surface area contributed by atoms with Crippen molar-refractivity contribution in [3.8, 4) is 33.4 Å². The molecule has 0 bridgehead atoms. The Morgan fingerprint density at radius 2 is 1.09 bits per heavy atom. The molecule has 1 aliphatic rings. The standard InChI is InChI=1S/C33H33.C5H5.C2H4.2ClH.Zr/c1-32(2,3)30-20-26-24(18-28(30)22-13-9-7-10-14-22)17-25-19-29(23-15-11-8-12-16-23)31(21-27(25)26)33(4,5)6;1-2-4-5-3-1;1-2;;;/h7-16,18,20-21H,17H2,1-6H3;1-5H;1-2H2;2*1H;/q2*-1;;;;+4/p-2. The van der Waals surface area contributed by atoms with Crippen LogP contribution >= 0.6 is 0 Å². The van der Waals surface area contributed by atoms with Crippen molar-refractivity contribution in [3.05, 3.63) is 151 Å². The molecule has 0 amide bonds. The van der Waals surface area contributed by atoms with E-state index in [1.165, 1.54) is 55.6 Å². The van der Waals surface area contributed by atoms with Crippen LogP contribution in [-0.4, -0.2) is 0 Å². The van der Waals surface area contributed by atoms with Crippen molar-refractivity contribution >= 4 is 0 Å². The van der Waals surface area contributed by atoms with Gasteiger partial charge in [-0.2, -0.15) is 18.2 Å². The van der Waals surface area contributed by atoms with E-state index in [1.807, 2.05) is 30.3 Å². The number of hydrogen-bond donors (Lipinski definition) is 0. The third kappa shape index (κ3) is 8.98. The Morgan fingerprint density at radius 3 is 1.56 bits per heavy atom. The zero-order chi connectivity index (χ0) is 28.9. The molecular weight excluding hydrogens is 643 g/mol. The molecular formula is C40H42Cl2Zr. The first kappa shape index (κ1) is 38.5. The molecule has 0 radical (unpaired) electrons. The molecule has 0 unspecified atom stereocenters. The average Bonchev–Trinajstić information content (AvgIpc) is 3.64. The van der Waals surface area contributed by atoms with E-state index in [9.17, 15) is 0 Å². The van der Waals surface area contributed by atoms with Gasteiger partial charge in [0.2, 0.25) is 0 Å². The summed E-state index contributed by atoms with van der Waals surface area (Å²) < 4.78 is 0. The fraction of sp³-hybridized carbons (Fsp3) is 0.225. The van der Waals surface area contributed by atoms with Gasteiger partial charge in [-0.3, -0.25) is 0 Å². The van der Waals surface area contributed by atoms with Crippen molar-refractivity contribution in [1.29, 1.82) is 0 Å². The van der Waals surface area contributed by atoms with Crippen LogP contribution in [0.5, 0.6) is 0 Å². The molecule has 43 heavy (non-hydrogen) atoms. The first-order chi connectivity index (χ1) is 19.1. The minimum atomic E-state index is 0. The summed E-state index contributed by atoms with van der Waals surface area (Å²) in [7, 11) is 0. The molecule has 3 heteroatoms. The third-order valence-electron chi connectivity index (χ3n) is 7.38. The van der Waals surface area contributed by atoms with Crippen LogP contribution < -0.4 is 24.8 Å². The molecule has 5 aromatic rings. The van der Waals surface area contributed by atoms with Crippen LogP contribution in [0, 0.1) is 6.07 Å². The van der Waals surface area contributed by atoms with Gasteiger partial charge in [0.15, 0.2) is 0 Å². The van der Waals surface area contributed by atoms with E-state index >= 15 is 0 Å². The van der Waals surface area contributed by atoms with Gasteiger partial charge in [-0.15, -0.1) is 42.0 Å². The summed E-state index contributed by atoms with van der Waals surface area (Å²) in [4.78, 5) is 0.